The topological polar surface area (TPSA) is 70.2 Å². The first-order valence-electron chi connectivity index (χ1n) is 11.1. The largest absolute Gasteiger partial charge is 0.444 e. The Labute approximate surface area is 198 Å². The van der Waals surface area contributed by atoms with E-state index in [4.69, 9.17) is 16.3 Å². The van der Waals surface area contributed by atoms with Crippen molar-refractivity contribution in [2.75, 3.05) is 26.2 Å². The van der Waals surface area contributed by atoms with Gasteiger partial charge < -0.3 is 9.64 Å². The van der Waals surface area contributed by atoms with Crippen molar-refractivity contribution in [1.82, 2.24) is 14.7 Å². The number of halogens is 1. The van der Waals surface area contributed by atoms with E-state index in [9.17, 15) is 14.4 Å². The fraction of sp³-hybridized carbons (Fsp3) is 0.400. The predicted octanol–water partition coefficient (Wildman–Crippen LogP) is 4.19. The number of piperazine rings is 1. The van der Waals surface area contributed by atoms with Gasteiger partial charge in [0, 0.05) is 37.7 Å². The normalized spacial score (nSPS) is 16.8. The number of imide groups is 1. The minimum atomic E-state index is -0.520. The van der Waals surface area contributed by atoms with E-state index >= 15 is 0 Å². The van der Waals surface area contributed by atoms with Gasteiger partial charge in [-0.05, 0) is 50.1 Å². The monoisotopic (exact) mass is 469 g/mol. The number of ether oxygens (including phenoxy) is 1. The summed E-state index contributed by atoms with van der Waals surface area (Å²) in [7, 11) is 0. The van der Waals surface area contributed by atoms with E-state index in [1.54, 1.807) is 35.2 Å². The average molecular weight is 470 g/mol. The summed E-state index contributed by atoms with van der Waals surface area (Å²) in [4.78, 5) is 43.2. The van der Waals surface area contributed by atoms with Gasteiger partial charge in [-0.3, -0.25) is 19.4 Å². The Kier molecular flexibility index (Phi) is 6.45. The molecule has 0 unspecified atom stereocenters. The summed E-state index contributed by atoms with van der Waals surface area (Å²) in [5.74, 6) is -0.597. The molecule has 2 aliphatic heterocycles. The van der Waals surface area contributed by atoms with Gasteiger partial charge >= 0.3 is 6.09 Å². The zero-order valence-corrected chi connectivity index (χ0v) is 19.9. The van der Waals surface area contributed by atoms with Crippen molar-refractivity contribution >= 4 is 29.5 Å². The van der Waals surface area contributed by atoms with Gasteiger partial charge in [0.25, 0.3) is 11.8 Å². The van der Waals surface area contributed by atoms with Crippen LogP contribution in [0, 0.1) is 0 Å². The van der Waals surface area contributed by atoms with Crippen LogP contribution in [0.1, 0.15) is 52.6 Å². The molecular formula is C25H28ClN3O4. The molecule has 0 radical (unpaired) electrons. The highest BCUT2D eigenvalue weighted by Crippen LogP contribution is 2.29. The Morgan fingerprint density at radius 3 is 2.09 bits per heavy atom. The molecule has 0 aromatic heterocycles. The number of hydrogen-bond acceptors (Lipinski definition) is 5. The van der Waals surface area contributed by atoms with E-state index in [1.807, 2.05) is 32.9 Å². The number of nitrogens with zero attached hydrogens (tertiary/aromatic N) is 3. The fourth-order valence-corrected chi connectivity index (χ4v) is 4.38. The summed E-state index contributed by atoms with van der Waals surface area (Å²) >= 11 is 6.52. The minimum absolute atomic E-state index is 0.124. The molecule has 1 fully saturated rings. The Balaban J connectivity index is 1.44. The maximum Gasteiger partial charge on any atom is 0.410 e. The highest BCUT2D eigenvalue weighted by molar-refractivity contribution is 6.31. The van der Waals surface area contributed by atoms with Crippen LogP contribution >= 0.6 is 11.6 Å². The average Bonchev–Trinajstić information content (AvgIpc) is 3.00. The number of amides is 3. The van der Waals surface area contributed by atoms with Crippen molar-refractivity contribution < 1.29 is 19.1 Å². The summed E-state index contributed by atoms with van der Waals surface area (Å²) < 4.78 is 5.47. The lowest BCUT2D eigenvalue weighted by molar-refractivity contribution is 0.0138. The quantitative estimate of drug-likeness (QED) is 0.628. The molecular weight excluding hydrogens is 442 g/mol. The van der Waals surface area contributed by atoms with E-state index in [2.05, 4.69) is 4.90 Å². The van der Waals surface area contributed by atoms with Crippen LogP contribution in [0.5, 0.6) is 0 Å². The molecule has 1 saturated heterocycles. The lowest BCUT2D eigenvalue weighted by Crippen LogP contribution is -2.49. The van der Waals surface area contributed by atoms with E-state index in [0.29, 0.717) is 48.9 Å². The van der Waals surface area contributed by atoms with E-state index < -0.39 is 5.60 Å². The fourth-order valence-electron chi connectivity index (χ4n) is 4.13. The molecule has 0 atom stereocenters. The summed E-state index contributed by atoms with van der Waals surface area (Å²) in [5, 5.41) is 0.524. The third-order valence-electron chi connectivity index (χ3n) is 5.83. The molecule has 0 saturated carbocycles. The Bertz CT molecular complexity index is 1050. The molecule has 2 heterocycles. The zero-order valence-electron chi connectivity index (χ0n) is 19.1. The van der Waals surface area contributed by atoms with Crippen molar-refractivity contribution in [1.29, 1.82) is 0 Å². The molecule has 3 amide bonds. The zero-order chi connectivity index (χ0) is 23.8. The van der Waals surface area contributed by atoms with Gasteiger partial charge in [0.05, 0.1) is 17.7 Å². The van der Waals surface area contributed by atoms with Crippen molar-refractivity contribution in [2.45, 2.75) is 39.5 Å². The van der Waals surface area contributed by atoms with Crippen molar-refractivity contribution in [2.24, 2.45) is 0 Å². The van der Waals surface area contributed by atoms with Crippen LogP contribution in [0.15, 0.2) is 42.5 Å². The van der Waals surface area contributed by atoms with Crippen LogP contribution in [0.2, 0.25) is 5.02 Å². The third kappa shape index (κ3) is 5.04. The van der Waals surface area contributed by atoms with Gasteiger partial charge in [-0.25, -0.2) is 4.79 Å². The van der Waals surface area contributed by atoms with Crippen LogP contribution in [0.4, 0.5) is 4.79 Å². The second-order valence-electron chi connectivity index (χ2n) is 9.36. The summed E-state index contributed by atoms with van der Waals surface area (Å²) in [6.45, 7) is 8.84. The van der Waals surface area contributed by atoms with Crippen LogP contribution in [0.3, 0.4) is 0 Å². The third-order valence-corrected chi connectivity index (χ3v) is 6.18. The first kappa shape index (κ1) is 23.3. The maximum atomic E-state index is 12.8. The van der Waals surface area contributed by atoms with Gasteiger partial charge in [0.1, 0.15) is 5.60 Å². The second kappa shape index (κ2) is 9.15. The van der Waals surface area contributed by atoms with Crippen LogP contribution in [-0.2, 0) is 17.8 Å². The Morgan fingerprint density at radius 1 is 0.909 bits per heavy atom. The number of hydrogen-bond donors (Lipinski definition) is 0. The van der Waals surface area contributed by atoms with Gasteiger partial charge in [-0.1, -0.05) is 35.9 Å². The smallest absolute Gasteiger partial charge is 0.410 e. The molecule has 7 nitrogen and oxygen atoms in total. The first-order chi connectivity index (χ1) is 15.6. The lowest BCUT2D eigenvalue weighted by atomic mass is 10.1. The molecule has 0 bridgehead atoms. The molecule has 174 valence electrons. The highest BCUT2D eigenvalue weighted by Gasteiger charge is 2.36. The van der Waals surface area contributed by atoms with E-state index in [0.717, 1.165) is 11.1 Å². The lowest BCUT2D eigenvalue weighted by Gasteiger charge is -2.36. The van der Waals surface area contributed by atoms with Crippen LogP contribution in [0.25, 0.3) is 0 Å². The van der Waals surface area contributed by atoms with Crippen LogP contribution < -0.4 is 0 Å². The molecule has 4 rings (SSSR count). The van der Waals surface area contributed by atoms with Crippen molar-refractivity contribution in [3.63, 3.8) is 0 Å². The molecule has 0 N–H and O–H groups in total. The number of fused-ring (bicyclic) bond motifs is 1. The van der Waals surface area contributed by atoms with Crippen LogP contribution in [-0.4, -0.2) is 64.4 Å². The number of carbonyl (C=O) groups excluding carboxylic acids is 3. The van der Waals surface area contributed by atoms with E-state index in [1.165, 1.54) is 4.90 Å². The van der Waals surface area contributed by atoms with Gasteiger partial charge in [0.15, 0.2) is 0 Å². The summed E-state index contributed by atoms with van der Waals surface area (Å²) in [6, 6.07) is 12.5. The Morgan fingerprint density at radius 2 is 1.52 bits per heavy atom. The number of carbonyl (C=O) groups is 3. The molecule has 2 aliphatic rings. The highest BCUT2D eigenvalue weighted by atomic mass is 35.5. The van der Waals surface area contributed by atoms with Gasteiger partial charge in [-0.15, -0.1) is 0 Å². The number of benzene rings is 2. The van der Waals surface area contributed by atoms with Gasteiger partial charge in [0.2, 0.25) is 0 Å². The molecule has 8 heteroatoms. The molecule has 2 aromatic rings. The predicted molar refractivity (Wildman–Crippen MR) is 125 cm³/mol. The molecule has 33 heavy (non-hydrogen) atoms. The van der Waals surface area contributed by atoms with E-state index in [-0.39, 0.29) is 24.5 Å². The standard InChI is InChI=1S/C25H28ClN3O4/c1-25(2,3)33-24(32)28-13-11-27(12-14-28)15-17-7-6-10-21(26)20(17)16-29-22(30)18-8-4-5-9-19(18)23(29)31/h4-10H,11-16H2,1-3H3. The second-order valence-corrected chi connectivity index (χ2v) is 9.77. The molecule has 2 aromatic carbocycles. The Hall–Kier alpha value is -2.90. The number of rotatable bonds is 4. The van der Waals surface area contributed by atoms with Crippen molar-refractivity contribution in [3.8, 4) is 0 Å². The molecule has 0 spiro atoms. The molecule has 0 aliphatic carbocycles. The SMILES string of the molecule is CC(C)(C)OC(=O)N1CCN(Cc2cccc(Cl)c2CN2C(=O)c3ccccc3C2=O)CC1. The van der Waals surface area contributed by atoms with Crippen molar-refractivity contribution in [3.05, 3.63) is 69.7 Å². The summed E-state index contributed by atoms with van der Waals surface area (Å²) in [6.07, 6.45) is -0.295. The summed E-state index contributed by atoms with van der Waals surface area (Å²) in [5.41, 5.74) is 2.06. The first-order valence-corrected chi connectivity index (χ1v) is 11.4. The minimum Gasteiger partial charge on any atom is -0.444 e. The van der Waals surface area contributed by atoms with Gasteiger partial charge in [-0.2, -0.15) is 0 Å². The maximum absolute atomic E-state index is 12.8.